The molecule has 0 saturated carbocycles. The Morgan fingerprint density at radius 1 is 0.348 bits per heavy atom. The molecule has 0 radical (unpaired) electrons. The molecule has 0 aliphatic carbocycles. The van der Waals surface area contributed by atoms with Gasteiger partial charge < -0.3 is 20.3 Å². The molecule has 0 heterocycles. The molecule has 6 heteroatoms. The zero-order chi connectivity index (χ0) is 50.0. The molecule has 1 amide bonds. The summed E-state index contributed by atoms with van der Waals surface area (Å²) in [4.78, 5) is 24.5. The van der Waals surface area contributed by atoms with Gasteiger partial charge in [-0.3, -0.25) is 9.59 Å². The van der Waals surface area contributed by atoms with Crippen LogP contribution in [-0.2, 0) is 14.3 Å². The Kier molecular flexibility index (Phi) is 58.4. The highest BCUT2D eigenvalue weighted by Gasteiger charge is 2.20. The number of carbonyl (C=O) groups is 2. The van der Waals surface area contributed by atoms with Crippen LogP contribution in [0.1, 0.15) is 367 Å². The molecular weight excluding hydrogens is 851 g/mol. The van der Waals surface area contributed by atoms with Gasteiger partial charge in [0.15, 0.2) is 0 Å². The van der Waals surface area contributed by atoms with Crippen molar-refractivity contribution in [2.45, 2.75) is 379 Å². The summed E-state index contributed by atoms with van der Waals surface area (Å²) in [6.45, 7) is 4.99. The van der Waals surface area contributed by atoms with Gasteiger partial charge in [-0.15, -0.1) is 0 Å². The van der Waals surface area contributed by atoms with E-state index in [0.29, 0.717) is 25.9 Å². The average molecular weight is 977 g/mol. The number of nitrogens with one attached hydrogen (secondary N) is 1. The first-order valence-corrected chi connectivity index (χ1v) is 31.8. The Hall–Kier alpha value is -1.14. The lowest BCUT2D eigenvalue weighted by atomic mass is 10.0. The summed E-state index contributed by atoms with van der Waals surface area (Å²) in [5, 5.41) is 23.3. The molecule has 0 bridgehead atoms. The number of hydrogen-bond acceptors (Lipinski definition) is 5. The number of hydrogen-bond donors (Lipinski definition) is 3. The third-order valence-corrected chi connectivity index (χ3v) is 15.2. The highest BCUT2D eigenvalue weighted by atomic mass is 16.5. The fourth-order valence-electron chi connectivity index (χ4n) is 10.3. The van der Waals surface area contributed by atoms with Crippen molar-refractivity contribution in [2.24, 2.45) is 0 Å². The van der Waals surface area contributed by atoms with E-state index in [0.717, 1.165) is 38.5 Å². The highest BCUT2D eigenvalue weighted by Crippen LogP contribution is 2.19. The molecule has 0 aliphatic rings. The van der Waals surface area contributed by atoms with Crippen molar-refractivity contribution < 1.29 is 24.5 Å². The van der Waals surface area contributed by atoms with Crippen LogP contribution in [0.5, 0.6) is 0 Å². The SMILES string of the molecule is CCCCCCCCCCCCCCCCC(=O)OCCCCCCCCCCCCCCCCCCCCCCCCCCC(=O)NC(CO)C(O)CCCCCCCCCCCCCCCC. The van der Waals surface area contributed by atoms with Gasteiger partial charge in [-0.2, -0.15) is 0 Å². The van der Waals surface area contributed by atoms with Crippen molar-refractivity contribution in [2.75, 3.05) is 13.2 Å². The Morgan fingerprint density at radius 3 is 0.884 bits per heavy atom. The fraction of sp³-hybridized carbons (Fsp3) is 0.968. The number of aliphatic hydroxyl groups is 2. The quantitative estimate of drug-likeness (QED) is 0.0417. The molecule has 2 unspecified atom stereocenters. The van der Waals surface area contributed by atoms with Gasteiger partial charge in [0.2, 0.25) is 5.91 Å². The third kappa shape index (κ3) is 56.0. The van der Waals surface area contributed by atoms with Gasteiger partial charge >= 0.3 is 5.97 Å². The van der Waals surface area contributed by atoms with Gasteiger partial charge in [0.25, 0.3) is 0 Å². The molecule has 6 nitrogen and oxygen atoms in total. The molecule has 3 N–H and O–H groups in total. The maximum Gasteiger partial charge on any atom is 0.305 e. The van der Waals surface area contributed by atoms with Gasteiger partial charge in [-0.05, 0) is 25.7 Å². The van der Waals surface area contributed by atoms with Gasteiger partial charge in [-0.1, -0.05) is 328 Å². The summed E-state index contributed by atoms with van der Waals surface area (Å²) in [6, 6.07) is -0.539. The number of aliphatic hydroxyl groups excluding tert-OH is 2. The first-order chi connectivity index (χ1) is 34.0. The zero-order valence-corrected chi connectivity index (χ0v) is 47.1. The van der Waals surface area contributed by atoms with Crippen LogP contribution in [0.2, 0.25) is 0 Å². The predicted octanol–water partition coefficient (Wildman–Crippen LogP) is 19.9. The number of esters is 1. The molecule has 0 aliphatic heterocycles. The lowest BCUT2D eigenvalue weighted by Crippen LogP contribution is -2.45. The molecule has 0 fully saturated rings. The van der Waals surface area contributed by atoms with E-state index in [4.69, 9.17) is 4.74 Å². The van der Waals surface area contributed by atoms with E-state index in [1.807, 2.05) is 0 Å². The first-order valence-electron chi connectivity index (χ1n) is 31.8. The first kappa shape index (κ1) is 67.9. The van der Waals surface area contributed by atoms with E-state index in [1.54, 1.807) is 0 Å². The predicted molar refractivity (Wildman–Crippen MR) is 301 cm³/mol. The Morgan fingerprint density at radius 2 is 0.594 bits per heavy atom. The minimum absolute atomic E-state index is 0.0187. The van der Waals surface area contributed by atoms with E-state index in [-0.39, 0.29) is 18.5 Å². The largest absolute Gasteiger partial charge is 0.466 e. The second-order valence-electron chi connectivity index (χ2n) is 22.1. The zero-order valence-electron chi connectivity index (χ0n) is 47.1. The van der Waals surface area contributed by atoms with Crippen molar-refractivity contribution in [3.63, 3.8) is 0 Å². The molecular formula is C63H125NO5. The Labute approximate surface area is 432 Å². The van der Waals surface area contributed by atoms with Crippen molar-refractivity contribution in [3.8, 4) is 0 Å². The molecule has 0 saturated heterocycles. The van der Waals surface area contributed by atoms with Crippen LogP contribution in [0, 0.1) is 0 Å². The third-order valence-electron chi connectivity index (χ3n) is 15.2. The van der Waals surface area contributed by atoms with Gasteiger partial charge in [0, 0.05) is 12.8 Å². The van der Waals surface area contributed by atoms with Gasteiger partial charge in [-0.25, -0.2) is 0 Å². The number of amides is 1. The maximum atomic E-state index is 12.5. The number of carbonyl (C=O) groups excluding carboxylic acids is 2. The molecule has 2 atom stereocenters. The summed E-state index contributed by atoms with van der Waals surface area (Å²) >= 11 is 0. The second kappa shape index (κ2) is 59.4. The van der Waals surface area contributed by atoms with Crippen molar-refractivity contribution in [3.05, 3.63) is 0 Å². The second-order valence-corrected chi connectivity index (χ2v) is 22.1. The van der Waals surface area contributed by atoms with Crippen LogP contribution >= 0.6 is 0 Å². The number of unbranched alkanes of at least 4 members (excludes halogenated alkanes) is 49. The van der Waals surface area contributed by atoms with Crippen molar-refractivity contribution in [1.29, 1.82) is 0 Å². The molecule has 0 spiro atoms. The van der Waals surface area contributed by atoms with Crippen LogP contribution in [0.15, 0.2) is 0 Å². The summed E-state index contributed by atoms with van der Waals surface area (Å²) in [6.07, 6.45) is 69.8. The molecule has 0 rings (SSSR count). The summed E-state index contributed by atoms with van der Waals surface area (Å²) in [5.41, 5.74) is 0. The molecule has 0 aromatic rings. The van der Waals surface area contributed by atoms with Gasteiger partial charge in [0.1, 0.15) is 0 Å². The van der Waals surface area contributed by atoms with Crippen LogP contribution in [0.25, 0.3) is 0 Å². The van der Waals surface area contributed by atoms with E-state index >= 15 is 0 Å². The molecule has 69 heavy (non-hydrogen) atoms. The highest BCUT2D eigenvalue weighted by molar-refractivity contribution is 5.76. The fourth-order valence-corrected chi connectivity index (χ4v) is 10.3. The Balaban J connectivity index is 3.34. The van der Waals surface area contributed by atoms with E-state index in [2.05, 4.69) is 19.2 Å². The van der Waals surface area contributed by atoms with Crippen LogP contribution < -0.4 is 5.32 Å². The van der Waals surface area contributed by atoms with Crippen molar-refractivity contribution >= 4 is 11.9 Å². The van der Waals surface area contributed by atoms with E-state index in [9.17, 15) is 19.8 Å². The van der Waals surface area contributed by atoms with Crippen molar-refractivity contribution in [1.82, 2.24) is 5.32 Å². The average Bonchev–Trinajstić information content (AvgIpc) is 3.35. The molecule has 0 aromatic carbocycles. The topological polar surface area (TPSA) is 95.9 Å². The van der Waals surface area contributed by atoms with E-state index < -0.39 is 12.1 Å². The number of ether oxygens (including phenoxy) is 1. The molecule has 412 valence electrons. The van der Waals surface area contributed by atoms with Gasteiger partial charge in [0.05, 0.1) is 25.4 Å². The van der Waals surface area contributed by atoms with E-state index in [1.165, 1.54) is 295 Å². The minimum atomic E-state index is -0.661. The lowest BCUT2D eigenvalue weighted by molar-refractivity contribution is -0.143. The maximum absolute atomic E-state index is 12.5. The number of rotatable bonds is 60. The molecule has 0 aromatic heterocycles. The standard InChI is InChI=1S/C63H125NO5/c1-3-5-7-9-11-13-15-17-31-35-39-43-47-51-55-61(66)60(59-65)64-62(67)56-52-48-44-40-36-32-29-27-25-23-21-19-20-22-24-26-28-30-34-38-42-46-50-54-58-69-63(68)57-53-49-45-41-37-33-18-16-14-12-10-8-6-4-2/h60-61,65-66H,3-59H2,1-2H3,(H,64,67). The smallest absolute Gasteiger partial charge is 0.305 e. The van der Waals surface area contributed by atoms with Crippen LogP contribution in [0.4, 0.5) is 0 Å². The monoisotopic (exact) mass is 976 g/mol. The normalized spacial score (nSPS) is 12.5. The summed E-state index contributed by atoms with van der Waals surface area (Å²) < 4.78 is 5.49. The Bertz CT molecular complexity index is 990. The minimum Gasteiger partial charge on any atom is -0.466 e. The lowest BCUT2D eigenvalue weighted by Gasteiger charge is -2.22. The summed E-state index contributed by atoms with van der Waals surface area (Å²) in [7, 11) is 0. The van der Waals surface area contributed by atoms with Crippen LogP contribution in [0.3, 0.4) is 0 Å². The summed E-state index contributed by atoms with van der Waals surface area (Å²) in [5.74, 6) is -0.0123. The van der Waals surface area contributed by atoms with Crippen LogP contribution in [-0.4, -0.2) is 47.4 Å².